The molecule has 24 heavy (non-hydrogen) atoms. The van der Waals surface area contributed by atoms with Crippen LogP contribution in [0.1, 0.15) is 10.4 Å². The molecule has 2 aromatic rings. The van der Waals surface area contributed by atoms with E-state index in [1.54, 1.807) is 24.3 Å². The molecule has 0 aliphatic heterocycles. The second-order valence-electron chi connectivity index (χ2n) is 4.84. The number of benzene rings is 2. The molecule has 0 spiro atoms. The van der Waals surface area contributed by atoms with E-state index in [1.807, 2.05) is 0 Å². The third-order valence-electron chi connectivity index (χ3n) is 3.02. The van der Waals surface area contributed by atoms with Gasteiger partial charge in [0.1, 0.15) is 18.2 Å². The van der Waals surface area contributed by atoms with Gasteiger partial charge in [0.05, 0.1) is 13.1 Å². The first-order valence-corrected chi connectivity index (χ1v) is 7.61. The zero-order valence-corrected chi connectivity index (χ0v) is 13.5. The summed E-state index contributed by atoms with van der Waals surface area (Å²) >= 11 is 5.76. The molecule has 0 aliphatic rings. The number of hydrogen-bond donors (Lipinski definition) is 2. The molecule has 0 fully saturated rings. The van der Waals surface area contributed by atoms with E-state index < -0.39 is 11.7 Å². The summed E-state index contributed by atoms with van der Waals surface area (Å²) in [6.45, 7) is 0.421. The van der Waals surface area contributed by atoms with Crippen LogP contribution in [0.3, 0.4) is 0 Å². The predicted octanol–water partition coefficient (Wildman–Crippen LogP) is 2.40. The van der Waals surface area contributed by atoms with Crippen LogP contribution in [0.2, 0.25) is 5.02 Å². The normalized spacial score (nSPS) is 10.1. The molecule has 5 nitrogen and oxygen atoms in total. The van der Waals surface area contributed by atoms with E-state index in [9.17, 15) is 14.0 Å². The van der Waals surface area contributed by atoms with Crippen LogP contribution >= 0.6 is 11.6 Å². The van der Waals surface area contributed by atoms with Crippen LogP contribution in [0.25, 0.3) is 0 Å². The third kappa shape index (κ3) is 5.89. The Bertz CT molecular complexity index is 690. The number of ether oxygens (including phenoxy) is 1. The molecule has 0 bridgehead atoms. The average molecular weight is 351 g/mol. The van der Waals surface area contributed by atoms with Crippen molar-refractivity contribution in [2.75, 3.05) is 19.7 Å². The van der Waals surface area contributed by atoms with Gasteiger partial charge < -0.3 is 15.4 Å². The lowest BCUT2D eigenvalue weighted by Gasteiger charge is -2.08. The Balaban J connectivity index is 1.63. The van der Waals surface area contributed by atoms with Gasteiger partial charge in [-0.1, -0.05) is 11.6 Å². The summed E-state index contributed by atoms with van der Waals surface area (Å²) in [6, 6.07) is 11.9. The Kier molecular flexibility index (Phi) is 6.57. The maximum absolute atomic E-state index is 12.8. The molecule has 0 unspecified atom stereocenters. The monoisotopic (exact) mass is 350 g/mol. The zero-order chi connectivity index (χ0) is 17.4. The maximum Gasteiger partial charge on any atom is 0.251 e. The lowest BCUT2D eigenvalue weighted by molar-refractivity contribution is -0.120. The Hall–Kier alpha value is -2.60. The van der Waals surface area contributed by atoms with Crippen LogP contribution < -0.4 is 15.4 Å². The van der Waals surface area contributed by atoms with Crippen LogP contribution in [-0.2, 0) is 4.79 Å². The molecule has 2 aromatic carbocycles. The average Bonchev–Trinajstić information content (AvgIpc) is 2.59. The molecule has 0 aromatic heterocycles. The standard InChI is InChI=1S/C17H16ClFN2O3/c18-13-3-7-15(8-4-13)24-10-9-20-16(22)11-21-17(23)12-1-5-14(19)6-2-12/h1-8H,9-11H2,(H,20,22)(H,21,23). The molecule has 2 rings (SSSR count). The fourth-order valence-corrected chi connectivity index (χ4v) is 1.94. The SMILES string of the molecule is O=C(CNC(=O)c1ccc(F)cc1)NCCOc1ccc(Cl)cc1. The van der Waals surface area contributed by atoms with Gasteiger partial charge in [-0.15, -0.1) is 0 Å². The Morgan fingerprint density at radius 3 is 2.33 bits per heavy atom. The van der Waals surface area contributed by atoms with Crippen LogP contribution in [0, 0.1) is 5.82 Å². The minimum atomic E-state index is -0.442. The van der Waals surface area contributed by atoms with Crippen molar-refractivity contribution in [3.8, 4) is 5.75 Å². The van der Waals surface area contributed by atoms with E-state index in [2.05, 4.69) is 10.6 Å². The zero-order valence-electron chi connectivity index (χ0n) is 12.7. The van der Waals surface area contributed by atoms with E-state index >= 15 is 0 Å². The largest absolute Gasteiger partial charge is 0.492 e. The number of carbonyl (C=O) groups excluding carboxylic acids is 2. The van der Waals surface area contributed by atoms with Crippen LogP contribution in [0.4, 0.5) is 4.39 Å². The summed E-state index contributed by atoms with van der Waals surface area (Å²) in [7, 11) is 0. The molecule has 0 radical (unpaired) electrons. The van der Waals surface area contributed by atoms with Gasteiger partial charge >= 0.3 is 0 Å². The molecule has 0 atom stereocenters. The van der Waals surface area contributed by atoms with Crippen molar-refractivity contribution in [3.05, 3.63) is 64.9 Å². The number of nitrogens with one attached hydrogen (secondary N) is 2. The first-order chi connectivity index (χ1) is 11.5. The number of hydrogen-bond acceptors (Lipinski definition) is 3. The van der Waals surface area contributed by atoms with Crippen molar-refractivity contribution in [2.24, 2.45) is 0 Å². The molecule has 0 saturated carbocycles. The van der Waals surface area contributed by atoms with E-state index in [0.717, 1.165) is 0 Å². The quantitative estimate of drug-likeness (QED) is 0.753. The number of halogens is 2. The van der Waals surface area contributed by atoms with Gasteiger partial charge in [0.15, 0.2) is 0 Å². The summed E-state index contributed by atoms with van der Waals surface area (Å²) < 4.78 is 18.2. The van der Waals surface area contributed by atoms with Crippen molar-refractivity contribution < 1.29 is 18.7 Å². The van der Waals surface area contributed by atoms with Gasteiger partial charge in [0, 0.05) is 10.6 Å². The minimum absolute atomic E-state index is 0.169. The number of carbonyl (C=O) groups is 2. The van der Waals surface area contributed by atoms with Gasteiger partial charge in [0.2, 0.25) is 5.91 Å². The first-order valence-electron chi connectivity index (χ1n) is 7.23. The van der Waals surface area contributed by atoms with Gasteiger partial charge in [-0.25, -0.2) is 4.39 Å². The highest BCUT2D eigenvalue weighted by atomic mass is 35.5. The van der Waals surface area contributed by atoms with Gasteiger partial charge in [-0.3, -0.25) is 9.59 Å². The Labute approximate surface area is 143 Å². The summed E-state index contributed by atoms with van der Waals surface area (Å²) in [5.41, 5.74) is 0.287. The van der Waals surface area contributed by atoms with Crippen molar-refractivity contribution in [1.29, 1.82) is 0 Å². The van der Waals surface area contributed by atoms with E-state index in [-0.39, 0.29) is 18.0 Å². The molecule has 0 aliphatic carbocycles. The lowest BCUT2D eigenvalue weighted by atomic mass is 10.2. The highest BCUT2D eigenvalue weighted by molar-refractivity contribution is 6.30. The Morgan fingerprint density at radius 1 is 1.00 bits per heavy atom. The molecule has 0 saturated heterocycles. The smallest absolute Gasteiger partial charge is 0.251 e. The fraction of sp³-hybridized carbons (Fsp3) is 0.176. The van der Waals surface area contributed by atoms with Gasteiger partial charge in [-0.05, 0) is 48.5 Å². The van der Waals surface area contributed by atoms with Crippen molar-refractivity contribution in [2.45, 2.75) is 0 Å². The van der Waals surface area contributed by atoms with Crippen molar-refractivity contribution in [3.63, 3.8) is 0 Å². The van der Waals surface area contributed by atoms with Crippen molar-refractivity contribution in [1.82, 2.24) is 10.6 Å². The van der Waals surface area contributed by atoms with E-state index in [0.29, 0.717) is 23.9 Å². The molecule has 126 valence electrons. The summed E-state index contributed by atoms with van der Waals surface area (Å²) in [4.78, 5) is 23.4. The Morgan fingerprint density at radius 2 is 1.67 bits per heavy atom. The van der Waals surface area contributed by atoms with E-state index in [1.165, 1.54) is 24.3 Å². The second kappa shape index (κ2) is 8.88. The number of rotatable bonds is 7. The second-order valence-corrected chi connectivity index (χ2v) is 5.28. The third-order valence-corrected chi connectivity index (χ3v) is 3.27. The van der Waals surface area contributed by atoms with E-state index in [4.69, 9.17) is 16.3 Å². The topological polar surface area (TPSA) is 67.4 Å². The number of amides is 2. The molecule has 2 N–H and O–H groups in total. The summed E-state index contributed by atoms with van der Waals surface area (Å²) in [6.07, 6.45) is 0. The minimum Gasteiger partial charge on any atom is -0.492 e. The van der Waals surface area contributed by atoms with Crippen molar-refractivity contribution >= 4 is 23.4 Å². The van der Waals surface area contributed by atoms with Gasteiger partial charge in [0.25, 0.3) is 5.91 Å². The first kappa shape index (κ1) is 17.7. The van der Waals surface area contributed by atoms with Crippen LogP contribution in [0.5, 0.6) is 5.75 Å². The highest BCUT2D eigenvalue weighted by Gasteiger charge is 2.07. The molecular formula is C17H16ClFN2O3. The van der Waals surface area contributed by atoms with Crippen LogP contribution in [0.15, 0.2) is 48.5 Å². The molecule has 0 heterocycles. The lowest BCUT2D eigenvalue weighted by Crippen LogP contribution is -2.38. The fourth-order valence-electron chi connectivity index (χ4n) is 1.82. The maximum atomic E-state index is 12.8. The molecule has 2 amide bonds. The van der Waals surface area contributed by atoms with Crippen LogP contribution in [-0.4, -0.2) is 31.5 Å². The highest BCUT2D eigenvalue weighted by Crippen LogP contribution is 2.15. The predicted molar refractivity (Wildman–Crippen MR) is 88.7 cm³/mol. The summed E-state index contributed by atoms with van der Waals surface area (Å²) in [5.74, 6) is -0.559. The van der Waals surface area contributed by atoms with Gasteiger partial charge in [-0.2, -0.15) is 0 Å². The molecule has 7 heteroatoms. The summed E-state index contributed by atoms with van der Waals surface area (Å²) in [5, 5.41) is 5.69. The molecular weight excluding hydrogens is 335 g/mol.